The lowest BCUT2D eigenvalue weighted by atomic mass is 10.0. The molecule has 44 heavy (non-hydrogen) atoms. The lowest BCUT2D eigenvalue weighted by molar-refractivity contribution is 0.0926. The Bertz CT molecular complexity index is 2350. The predicted octanol–water partition coefficient (Wildman–Crippen LogP) is 8.18. The molecule has 0 unspecified atom stereocenters. The first-order valence-corrected chi connectivity index (χ1v) is 14.2. The number of para-hydroxylation sites is 2. The molecule has 0 atom stereocenters. The SMILES string of the molecule is N#Cc1cccc(-c2cccc3c4ccccc4n(-c4cccc5c4C(=O)N(c4cccc(-c6ccccc6)c4)C5=O)c23)n1. The first-order valence-electron chi connectivity index (χ1n) is 14.2. The fourth-order valence-electron chi connectivity index (χ4n) is 6.27. The van der Waals surface area contributed by atoms with Gasteiger partial charge in [0.1, 0.15) is 11.8 Å². The van der Waals surface area contributed by atoms with Gasteiger partial charge < -0.3 is 4.57 Å². The molecule has 7 aromatic rings. The van der Waals surface area contributed by atoms with Crippen LogP contribution < -0.4 is 4.90 Å². The van der Waals surface area contributed by atoms with E-state index in [0.717, 1.165) is 38.5 Å². The van der Waals surface area contributed by atoms with E-state index in [1.807, 2.05) is 109 Å². The molecule has 6 heteroatoms. The third kappa shape index (κ3) is 3.77. The Morgan fingerprint density at radius 1 is 0.614 bits per heavy atom. The molecule has 2 amide bonds. The summed E-state index contributed by atoms with van der Waals surface area (Å²) in [5.74, 6) is -0.736. The van der Waals surface area contributed by atoms with Crippen LogP contribution in [0.3, 0.4) is 0 Å². The summed E-state index contributed by atoms with van der Waals surface area (Å²) in [7, 11) is 0. The maximum Gasteiger partial charge on any atom is 0.268 e. The maximum atomic E-state index is 14.3. The Hall–Kier alpha value is -6.32. The normalized spacial score (nSPS) is 12.6. The zero-order valence-corrected chi connectivity index (χ0v) is 23.3. The van der Waals surface area contributed by atoms with Gasteiger partial charge in [-0.15, -0.1) is 0 Å². The Kier molecular flexibility index (Phi) is 5.71. The zero-order chi connectivity index (χ0) is 29.8. The van der Waals surface area contributed by atoms with E-state index in [0.29, 0.717) is 33.9 Å². The van der Waals surface area contributed by atoms with Crippen molar-refractivity contribution in [3.63, 3.8) is 0 Å². The van der Waals surface area contributed by atoms with Crippen molar-refractivity contribution in [3.8, 4) is 34.1 Å². The summed E-state index contributed by atoms with van der Waals surface area (Å²) in [6.07, 6.45) is 0. The van der Waals surface area contributed by atoms with Crippen molar-refractivity contribution in [2.24, 2.45) is 0 Å². The van der Waals surface area contributed by atoms with Crippen LogP contribution in [-0.2, 0) is 0 Å². The van der Waals surface area contributed by atoms with Crippen LogP contribution in [0.2, 0.25) is 0 Å². The highest BCUT2D eigenvalue weighted by Crippen LogP contribution is 2.41. The smallest absolute Gasteiger partial charge is 0.268 e. The second-order valence-electron chi connectivity index (χ2n) is 10.6. The molecular formula is C38H22N4O2. The highest BCUT2D eigenvalue weighted by atomic mass is 16.2. The first kappa shape index (κ1) is 25.4. The number of imide groups is 1. The minimum atomic E-state index is -0.376. The van der Waals surface area contributed by atoms with Gasteiger partial charge in [0.2, 0.25) is 0 Å². The van der Waals surface area contributed by atoms with E-state index in [4.69, 9.17) is 0 Å². The summed E-state index contributed by atoms with van der Waals surface area (Å²) < 4.78 is 2.05. The monoisotopic (exact) mass is 566 g/mol. The van der Waals surface area contributed by atoms with Crippen LogP contribution in [0.5, 0.6) is 0 Å². The van der Waals surface area contributed by atoms with Gasteiger partial charge in [-0.25, -0.2) is 9.88 Å². The fourth-order valence-corrected chi connectivity index (χ4v) is 6.27. The number of benzene rings is 5. The number of carbonyl (C=O) groups excluding carboxylic acids is 2. The van der Waals surface area contributed by atoms with Gasteiger partial charge >= 0.3 is 0 Å². The van der Waals surface area contributed by atoms with Crippen molar-refractivity contribution < 1.29 is 9.59 Å². The molecule has 0 spiro atoms. The molecule has 206 valence electrons. The molecule has 0 bridgehead atoms. The lowest BCUT2D eigenvalue weighted by Crippen LogP contribution is -2.29. The number of hydrogen-bond donors (Lipinski definition) is 0. The average molecular weight is 567 g/mol. The van der Waals surface area contributed by atoms with E-state index < -0.39 is 0 Å². The van der Waals surface area contributed by atoms with E-state index in [9.17, 15) is 14.9 Å². The molecule has 0 aliphatic carbocycles. The molecule has 0 saturated heterocycles. The maximum absolute atomic E-state index is 14.3. The number of aromatic nitrogens is 2. The fraction of sp³-hybridized carbons (Fsp3) is 0. The first-order chi connectivity index (χ1) is 21.6. The van der Waals surface area contributed by atoms with E-state index in [1.54, 1.807) is 18.2 Å². The molecule has 6 nitrogen and oxygen atoms in total. The predicted molar refractivity (Wildman–Crippen MR) is 172 cm³/mol. The lowest BCUT2D eigenvalue weighted by Gasteiger charge is -2.16. The van der Waals surface area contributed by atoms with Crippen LogP contribution in [-0.4, -0.2) is 21.4 Å². The van der Waals surface area contributed by atoms with Crippen molar-refractivity contribution >= 4 is 39.3 Å². The quantitative estimate of drug-likeness (QED) is 0.201. The second-order valence-corrected chi connectivity index (χ2v) is 10.6. The summed E-state index contributed by atoms with van der Waals surface area (Å²) in [4.78, 5) is 34.1. The highest BCUT2D eigenvalue weighted by molar-refractivity contribution is 6.36. The van der Waals surface area contributed by atoms with Crippen molar-refractivity contribution in [3.05, 3.63) is 150 Å². The Morgan fingerprint density at radius 3 is 2.18 bits per heavy atom. The van der Waals surface area contributed by atoms with Crippen LogP contribution in [0, 0.1) is 11.3 Å². The highest BCUT2D eigenvalue weighted by Gasteiger charge is 2.39. The molecule has 0 fully saturated rings. The summed E-state index contributed by atoms with van der Waals surface area (Å²) in [5.41, 5.74) is 7.25. The van der Waals surface area contributed by atoms with Crippen molar-refractivity contribution in [2.45, 2.75) is 0 Å². The molecule has 5 aromatic carbocycles. The number of nitrogens with zero attached hydrogens (tertiary/aromatic N) is 4. The summed E-state index contributed by atoms with van der Waals surface area (Å²) in [6.45, 7) is 0. The van der Waals surface area contributed by atoms with E-state index >= 15 is 0 Å². The van der Waals surface area contributed by atoms with Crippen LogP contribution in [0.1, 0.15) is 26.4 Å². The van der Waals surface area contributed by atoms with Gasteiger partial charge in [0.25, 0.3) is 11.8 Å². The van der Waals surface area contributed by atoms with E-state index in [-0.39, 0.29) is 11.8 Å². The molecule has 3 heterocycles. The van der Waals surface area contributed by atoms with Crippen LogP contribution in [0.25, 0.3) is 49.9 Å². The van der Waals surface area contributed by atoms with Crippen molar-refractivity contribution in [1.82, 2.24) is 9.55 Å². The minimum absolute atomic E-state index is 0.317. The van der Waals surface area contributed by atoms with Crippen LogP contribution >= 0.6 is 0 Å². The number of anilines is 1. The third-order valence-corrected chi connectivity index (χ3v) is 8.18. The summed E-state index contributed by atoms with van der Waals surface area (Å²) in [5, 5.41) is 11.5. The second kappa shape index (κ2) is 9.90. The summed E-state index contributed by atoms with van der Waals surface area (Å²) >= 11 is 0. The Balaban J connectivity index is 1.36. The molecule has 2 aromatic heterocycles. The van der Waals surface area contributed by atoms with Gasteiger partial charge in [0.15, 0.2) is 0 Å². The van der Waals surface area contributed by atoms with Gasteiger partial charge in [-0.3, -0.25) is 9.59 Å². The number of amides is 2. The van der Waals surface area contributed by atoms with Gasteiger partial charge in [-0.2, -0.15) is 5.26 Å². The third-order valence-electron chi connectivity index (χ3n) is 8.18. The molecule has 0 radical (unpaired) electrons. The number of fused-ring (bicyclic) bond motifs is 4. The number of carbonyl (C=O) groups is 2. The number of rotatable bonds is 4. The Labute approximate surface area is 252 Å². The molecule has 0 saturated carbocycles. The molecule has 1 aliphatic rings. The average Bonchev–Trinajstić information content (AvgIpc) is 3.56. The van der Waals surface area contributed by atoms with Gasteiger partial charge in [0.05, 0.1) is 39.2 Å². The molecule has 8 rings (SSSR count). The number of pyridine rings is 1. The van der Waals surface area contributed by atoms with Crippen LogP contribution in [0.4, 0.5) is 5.69 Å². The zero-order valence-electron chi connectivity index (χ0n) is 23.3. The van der Waals surface area contributed by atoms with Gasteiger partial charge in [-0.05, 0) is 53.6 Å². The minimum Gasteiger partial charge on any atom is -0.308 e. The molecule has 1 aliphatic heterocycles. The van der Waals surface area contributed by atoms with Gasteiger partial charge in [-0.1, -0.05) is 91.0 Å². The van der Waals surface area contributed by atoms with Crippen molar-refractivity contribution in [2.75, 3.05) is 4.90 Å². The van der Waals surface area contributed by atoms with E-state index in [2.05, 4.69) is 21.7 Å². The standard InChI is InChI=1S/C38H22N4O2/c39-23-26-13-7-19-32(40-26)30-17-8-16-29-28-15-4-5-20-33(28)42(36(29)30)34-21-9-18-31-35(34)38(44)41(37(31)43)27-14-6-12-25(22-27)24-10-2-1-3-11-24/h1-22H. The van der Waals surface area contributed by atoms with Crippen molar-refractivity contribution in [1.29, 1.82) is 5.26 Å². The molecular weight excluding hydrogens is 544 g/mol. The van der Waals surface area contributed by atoms with Gasteiger partial charge in [0, 0.05) is 16.3 Å². The Morgan fingerprint density at radius 2 is 1.32 bits per heavy atom. The van der Waals surface area contributed by atoms with E-state index in [1.165, 1.54) is 4.90 Å². The largest absolute Gasteiger partial charge is 0.308 e. The number of nitriles is 1. The summed E-state index contributed by atoms with van der Waals surface area (Å²) in [6, 6.07) is 44.3. The topological polar surface area (TPSA) is 79.0 Å². The van der Waals surface area contributed by atoms with Crippen LogP contribution in [0.15, 0.2) is 133 Å². The molecule has 0 N–H and O–H groups in total. The number of hydrogen-bond acceptors (Lipinski definition) is 4.